The Kier molecular flexibility index (Phi) is 5.08. The van der Waals surface area contributed by atoms with Gasteiger partial charge in [-0.05, 0) is 38.5 Å². The second-order valence-electron chi connectivity index (χ2n) is 6.53. The topological polar surface area (TPSA) is 87.7 Å². The summed E-state index contributed by atoms with van der Waals surface area (Å²) in [6.45, 7) is 4.20. The SMILES string of the molecule is CCC1CCC(NC(=O)NC2COCC2(C)C(=O)O)CC1. The highest BCUT2D eigenvalue weighted by Gasteiger charge is 2.47. The zero-order valence-corrected chi connectivity index (χ0v) is 12.9. The summed E-state index contributed by atoms with van der Waals surface area (Å²) in [6, 6.07) is -0.564. The number of hydrogen-bond acceptors (Lipinski definition) is 3. The van der Waals surface area contributed by atoms with Crippen LogP contribution in [0.4, 0.5) is 4.79 Å². The Balaban J connectivity index is 1.81. The zero-order valence-electron chi connectivity index (χ0n) is 12.9. The van der Waals surface area contributed by atoms with Gasteiger partial charge in [-0.3, -0.25) is 4.79 Å². The van der Waals surface area contributed by atoms with Crippen molar-refractivity contribution in [1.82, 2.24) is 10.6 Å². The van der Waals surface area contributed by atoms with Crippen LogP contribution in [0.5, 0.6) is 0 Å². The van der Waals surface area contributed by atoms with Gasteiger partial charge in [0.15, 0.2) is 0 Å². The van der Waals surface area contributed by atoms with Gasteiger partial charge in [0.05, 0.1) is 19.3 Å². The Morgan fingerprint density at radius 1 is 1.24 bits per heavy atom. The molecule has 1 aliphatic heterocycles. The summed E-state index contributed by atoms with van der Waals surface area (Å²) in [5.41, 5.74) is -1.04. The summed E-state index contributed by atoms with van der Waals surface area (Å²) >= 11 is 0. The first-order valence-electron chi connectivity index (χ1n) is 7.84. The molecule has 21 heavy (non-hydrogen) atoms. The first-order valence-corrected chi connectivity index (χ1v) is 7.84. The fourth-order valence-electron chi connectivity index (χ4n) is 3.19. The molecule has 1 saturated heterocycles. The summed E-state index contributed by atoms with van der Waals surface area (Å²) in [6.07, 6.45) is 5.52. The second-order valence-corrected chi connectivity index (χ2v) is 6.53. The van der Waals surface area contributed by atoms with Crippen LogP contribution in [0, 0.1) is 11.3 Å². The Morgan fingerprint density at radius 3 is 2.48 bits per heavy atom. The summed E-state index contributed by atoms with van der Waals surface area (Å²) < 4.78 is 5.23. The average Bonchev–Trinajstić information content (AvgIpc) is 2.82. The number of carboxylic acids is 1. The molecule has 2 unspecified atom stereocenters. The third-order valence-electron chi connectivity index (χ3n) is 5.01. The van der Waals surface area contributed by atoms with Crippen molar-refractivity contribution in [2.24, 2.45) is 11.3 Å². The number of hydrogen-bond donors (Lipinski definition) is 3. The summed E-state index contributed by atoms with van der Waals surface area (Å²) in [5.74, 6) is -0.154. The molecular formula is C15H26N2O4. The van der Waals surface area contributed by atoms with Crippen LogP contribution in [-0.2, 0) is 9.53 Å². The summed E-state index contributed by atoms with van der Waals surface area (Å²) in [4.78, 5) is 23.4. The number of carboxylic acid groups (broad SMARTS) is 1. The fraction of sp³-hybridized carbons (Fsp3) is 0.867. The van der Waals surface area contributed by atoms with Gasteiger partial charge >= 0.3 is 12.0 Å². The predicted molar refractivity (Wildman–Crippen MR) is 78.1 cm³/mol. The van der Waals surface area contributed by atoms with Crippen LogP contribution in [0.3, 0.4) is 0 Å². The molecule has 0 aromatic carbocycles. The molecule has 2 aliphatic rings. The van der Waals surface area contributed by atoms with Gasteiger partial charge in [-0.15, -0.1) is 0 Å². The maximum absolute atomic E-state index is 12.1. The van der Waals surface area contributed by atoms with E-state index in [0.717, 1.165) is 31.6 Å². The number of aliphatic carboxylic acids is 1. The number of amides is 2. The lowest BCUT2D eigenvalue weighted by Gasteiger charge is -2.30. The molecule has 120 valence electrons. The molecule has 2 atom stereocenters. The van der Waals surface area contributed by atoms with E-state index in [2.05, 4.69) is 17.6 Å². The van der Waals surface area contributed by atoms with Gasteiger partial charge in [0, 0.05) is 6.04 Å². The van der Waals surface area contributed by atoms with E-state index in [1.54, 1.807) is 6.92 Å². The molecule has 6 heteroatoms. The number of rotatable bonds is 4. The molecule has 0 radical (unpaired) electrons. The lowest BCUT2D eigenvalue weighted by atomic mass is 9.84. The summed E-state index contributed by atoms with van der Waals surface area (Å²) in [7, 11) is 0. The lowest BCUT2D eigenvalue weighted by Crippen LogP contribution is -2.54. The number of carbonyl (C=O) groups excluding carboxylic acids is 1. The third-order valence-corrected chi connectivity index (χ3v) is 5.01. The van der Waals surface area contributed by atoms with Crippen molar-refractivity contribution in [1.29, 1.82) is 0 Å². The summed E-state index contributed by atoms with van der Waals surface area (Å²) in [5, 5.41) is 15.0. The van der Waals surface area contributed by atoms with E-state index in [1.807, 2.05) is 0 Å². The molecule has 6 nitrogen and oxygen atoms in total. The van der Waals surface area contributed by atoms with E-state index in [1.165, 1.54) is 6.42 Å². The Labute approximate surface area is 125 Å². The van der Waals surface area contributed by atoms with Crippen LogP contribution in [0.15, 0.2) is 0 Å². The highest BCUT2D eigenvalue weighted by Crippen LogP contribution is 2.29. The number of urea groups is 1. The van der Waals surface area contributed by atoms with Crippen LogP contribution in [-0.4, -0.2) is 42.4 Å². The maximum atomic E-state index is 12.1. The van der Waals surface area contributed by atoms with E-state index in [9.17, 15) is 14.7 Å². The molecule has 1 saturated carbocycles. The predicted octanol–water partition coefficient (Wildman–Crippen LogP) is 1.74. The molecule has 2 fully saturated rings. The van der Waals surface area contributed by atoms with Crippen molar-refractivity contribution in [3.8, 4) is 0 Å². The monoisotopic (exact) mass is 298 g/mol. The fourth-order valence-corrected chi connectivity index (χ4v) is 3.19. The van der Waals surface area contributed by atoms with Gasteiger partial charge in [0.1, 0.15) is 5.41 Å². The largest absolute Gasteiger partial charge is 0.481 e. The molecular weight excluding hydrogens is 272 g/mol. The Morgan fingerprint density at radius 2 is 1.90 bits per heavy atom. The van der Waals surface area contributed by atoms with Gasteiger partial charge in [-0.25, -0.2) is 4.79 Å². The van der Waals surface area contributed by atoms with Crippen LogP contribution in [0.25, 0.3) is 0 Å². The number of nitrogens with one attached hydrogen (secondary N) is 2. The van der Waals surface area contributed by atoms with Crippen LogP contribution < -0.4 is 10.6 Å². The van der Waals surface area contributed by atoms with Crippen molar-refractivity contribution in [3.63, 3.8) is 0 Å². The van der Waals surface area contributed by atoms with Crippen LogP contribution >= 0.6 is 0 Å². The van der Waals surface area contributed by atoms with Gasteiger partial charge < -0.3 is 20.5 Å². The smallest absolute Gasteiger partial charge is 0.315 e. The molecule has 0 spiro atoms. The normalized spacial score (nSPS) is 36.2. The Hall–Kier alpha value is -1.30. The zero-order chi connectivity index (χ0) is 15.5. The molecule has 2 amide bonds. The van der Waals surface area contributed by atoms with E-state index >= 15 is 0 Å². The van der Waals surface area contributed by atoms with Crippen molar-refractivity contribution in [2.45, 2.75) is 58.0 Å². The minimum atomic E-state index is -1.04. The van der Waals surface area contributed by atoms with Gasteiger partial charge in [0.25, 0.3) is 0 Å². The standard InChI is InChI=1S/C15H26N2O4/c1-3-10-4-6-11(7-5-10)16-14(20)17-12-8-21-9-15(12,2)13(18)19/h10-12H,3-9H2,1-2H3,(H,18,19)(H2,16,17,20). The Bertz CT molecular complexity index is 393. The highest BCUT2D eigenvalue weighted by atomic mass is 16.5. The van der Waals surface area contributed by atoms with E-state index < -0.39 is 17.4 Å². The van der Waals surface area contributed by atoms with Crippen LogP contribution in [0.1, 0.15) is 46.0 Å². The van der Waals surface area contributed by atoms with Crippen molar-refractivity contribution in [2.75, 3.05) is 13.2 Å². The molecule has 1 aliphatic carbocycles. The molecule has 2 rings (SSSR count). The van der Waals surface area contributed by atoms with E-state index in [-0.39, 0.29) is 25.3 Å². The van der Waals surface area contributed by atoms with Gasteiger partial charge in [0.2, 0.25) is 0 Å². The minimum absolute atomic E-state index is 0.134. The van der Waals surface area contributed by atoms with E-state index in [4.69, 9.17) is 4.74 Å². The van der Waals surface area contributed by atoms with E-state index in [0.29, 0.717) is 0 Å². The average molecular weight is 298 g/mol. The van der Waals surface area contributed by atoms with Crippen molar-refractivity contribution < 1.29 is 19.4 Å². The number of ether oxygens (including phenoxy) is 1. The molecule has 3 N–H and O–H groups in total. The van der Waals surface area contributed by atoms with Gasteiger partial charge in [-0.2, -0.15) is 0 Å². The van der Waals surface area contributed by atoms with Crippen molar-refractivity contribution in [3.05, 3.63) is 0 Å². The number of carbonyl (C=O) groups is 2. The van der Waals surface area contributed by atoms with Crippen LogP contribution in [0.2, 0.25) is 0 Å². The minimum Gasteiger partial charge on any atom is -0.481 e. The lowest BCUT2D eigenvalue weighted by molar-refractivity contribution is -0.148. The maximum Gasteiger partial charge on any atom is 0.315 e. The molecule has 1 heterocycles. The second kappa shape index (κ2) is 6.64. The molecule has 0 aromatic rings. The first kappa shape index (κ1) is 16.1. The highest BCUT2D eigenvalue weighted by molar-refractivity contribution is 5.79. The van der Waals surface area contributed by atoms with Gasteiger partial charge in [-0.1, -0.05) is 13.3 Å². The third kappa shape index (κ3) is 3.67. The molecule has 0 aromatic heterocycles. The quantitative estimate of drug-likeness (QED) is 0.738. The van der Waals surface area contributed by atoms with Crippen molar-refractivity contribution >= 4 is 12.0 Å². The first-order chi connectivity index (χ1) is 9.95. The molecule has 0 bridgehead atoms.